The summed E-state index contributed by atoms with van der Waals surface area (Å²) in [4.78, 5) is 60.2. The highest BCUT2D eigenvalue weighted by molar-refractivity contribution is 8.15. The Morgan fingerprint density at radius 2 is 1.88 bits per heavy atom. The Bertz CT molecular complexity index is 1350. The molecule has 3 amide bonds. The van der Waals surface area contributed by atoms with Crippen LogP contribution >= 0.6 is 11.8 Å². The monoisotopic (exact) mass is 480 g/mol. The molecule has 2 N–H and O–H groups in total. The van der Waals surface area contributed by atoms with Crippen molar-refractivity contribution in [3.05, 3.63) is 70.1 Å². The van der Waals surface area contributed by atoms with E-state index in [1.165, 1.54) is 12.1 Å². The molecule has 34 heavy (non-hydrogen) atoms. The van der Waals surface area contributed by atoms with Crippen LogP contribution in [-0.2, 0) is 16.0 Å². The minimum absolute atomic E-state index is 0.0835. The van der Waals surface area contributed by atoms with Crippen LogP contribution in [0.2, 0.25) is 0 Å². The molecule has 1 saturated heterocycles. The van der Waals surface area contributed by atoms with Crippen LogP contribution in [0.3, 0.4) is 0 Å². The number of anilines is 1. The van der Waals surface area contributed by atoms with Crippen molar-refractivity contribution < 1.29 is 28.3 Å². The van der Waals surface area contributed by atoms with Gasteiger partial charge in [0.1, 0.15) is 16.7 Å². The van der Waals surface area contributed by atoms with Crippen LogP contribution in [-0.4, -0.2) is 28.3 Å². The summed E-state index contributed by atoms with van der Waals surface area (Å²) in [6.45, 7) is 1.84. The average molecular weight is 480 g/mol. The van der Waals surface area contributed by atoms with Crippen molar-refractivity contribution in [2.45, 2.75) is 31.4 Å². The second-order valence-electron chi connectivity index (χ2n) is 7.57. The Hall–Kier alpha value is -3.92. The number of hydrogen-bond acceptors (Lipinski definition) is 8. The molecule has 0 saturated carbocycles. The SMILES string of the molecule is CCCC(=O)Oc1cccc2oc(C(=O)Nc3ccc(CC4SC(=O)NC4=O)cc3)cc(=O)c12. The number of fused-ring (bicyclic) bond motifs is 1. The molecule has 9 nitrogen and oxygen atoms in total. The maximum atomic E-state index is 12.7. The van der Waals surface area contributed by atoms with E-state index >= 15 is 0 Å². The maximum absolute atomic E-state index is 12.7. The third-order valence-corrected chi connectivity index (χ3v) is 6.00. The molecular weight excluding hydrogens is 460 g/mol. The number of thioether (sulfide) groups is 1. The number of imide groups is 1. The van der Waals surface area contributed by atoms with Gasteiger partial charge in [0.2, 0.25) is 5.91 Å². The lowest BCUT2D eigenvalue weighted by Gasteiger charge is -2.09. The molecule has 3 aromatic rings. The first-order valence-electron chi connectivity index (χ1n) is 10.5. The van der Waals surface area contributed by atoms with E-state index in [1.807, 2.05) is 6.92 Å². The number of benzene rings is 2. The fourth-order valence-corrected chi connectivity index (χ4v) is 4.27. The van der Waals surface area contributed by atoms with E-state index in [0.717, 1.165) is 23.4 Å². The van der Waals surface area contributed by atoms with Gasteiger partial charge >= 0.3 is 5.97 Å². The Morgan fingerprint density at radius 1 is 1.12 bits per heavy atom. The third-order valence-electron chi connectivity index (χ3n) is 5.02. The fourth-order valence-electron chi connectivity index (χ4n) is 3.41. The molecule has 2 heterocycles. The smallest absolute Gasteiger partial charge is 0.311 e. The normalized spacial score (nSPS) is 15.3. The molecule has 0 radical (unpaired) electrons. The summed E-state index contributed by atoms with van der Waals surface area (Å²) in [6, 6.07) is 12.4. The molecule has 0 spiro atoms. The zero-order valence-corrected chi connectivity index (χ0v) is 18.9. The van der Waals surface area contributed by atoms with Gasteiger partial charge in [0.05, 0.1) is 5.25 Å². The minimum atomic E-state index is -0.628. The summed E-state index contributed by atoms with van der Waals surface area (Å²) in [5, 5.41) is 4.14. The van der Waals surface area contributed by atoms with Gasteiger partial charge in [-0.1, -0.05) is 36.9 Å². The van der Waals surface area contributed by atoms with E-state index in [9.17, 15) is 24.0 Å². The Balaban J connectivity index is 1.48. The van der Waals surface area contributed by atoms with Crippen LogP contribution in [0.25, 0.3) is 11.0 Å². The number of rotatable bonds is 7. The van der Waals surface area contributed by atoms with Crippen LogP contribution in [0.15, 0.2) is 57.7 Å². The summed E-state index contributed by atoms with van der Waals surface area (Å²) < 4.78 is 10.9. The lowest BCUT2D eigenvalue weighted by atomic mass is 10.1. The molecule has 0 aliphatic carbocycles. The van der Waals surface area contributed by atoms with Crippen molar-refractivity contribution in [2.24, 2.45) is 0 Å². The summed E-state index contributed by atoms with van der Waals surface area (Å²) >= 11 is 0.950. The van der Waals surface area contributed by atoms with Crippen LogP contribution < -0.4 is 20.8 Å². The summed E-state index contributed by atoms with van der Waals surface area (Å²) in [6.07, 6.45) is 1.20. The average Bonchev–Trinajstić information content (AvgIpc) is 3.11. The van der Waals surface area contributed by atoms with Crippen molar-refractivity contribution in [2.75, 3.05) is 5.32 Å². The van der Waals surface area contributed by atoms with E-state index in [1.54, 1.807) is 30.3 Å². The predicted molar refractivity (Wildman–Crippen MR) is 126 cm³/mol. The van der Waals surface area contributed by atoms with Gasteiger partial charge in [-0.05, 0) is 42.7 Å². The zero-order valence-electron chi connectivity index (χ0n) is 18.1. The van der Waals surface area contributed by atoms with Crippen LogP contribution in [0.4, 0.5) is 10.5 Å². The minimum Gasteiger partial charge on any atom is -0.450 e. The number of nitrogens with one attached hydrogen (secondary N) is 2. The molecule has 2 aromatic carbocycles. The lowest BCUT2D eigenvalue weighted by molar-refractivity contribution is -0.134. The standard InChI is InChI=1S/C24H20N2O7S/c1-2-4-20(28)33-17-6-3-5-16-21(17)15(27)12-18(32-16)22(29)25-14-9-7-13(8-10-14)11-19-23(30)26-24(31)34-19/h3,5-10,12,19H,2,4,11H2,1H3,(H,25,29)(H,26,30,31). The van der Waals surface area contributed by atoms with Gasteiger partial charge in [0.25, 0.3) is 11.1 Å². The largest absolute Gasteiger partial charge is 0.450 e. The van der Waals surface area contributed by atoms with Crippen molar-refractivity contribution in [3.8, 4) is 5.75 Å². The Kier molecular flexibility index (Phi) is 6.78. The molecular formula is C24H20N2O7S. The highest BCUT2D eigenvalue weighted by Crippen LogP contribution is 2.25. The zero-order chi connectivity index (χ0) is 24.2. The van der Waals surface area contributed by atoms with E-state index in [-0.39, 0.29) is 40.0 Å². The molecule has 174 valence electrons. The Morgan fingerprint density at radius 3 is 2.56 bits per heavy atom. The molecule has 1 aliphatic rings. The van der Waals surface area contributed by atoms with Crippen LogP contribution in [0.1, 0.15) is 35.9 Å². The second kappa shape index (κ2) is 9.92. The highest BCUT2D eigenvalue weighted by atomic mass is 32.2. The lowest BCUT2D eigenvalue weighted by Crippen LogP contribution is -2.25. The van der Waals surface area contributed by atoms with Crippen molar-refractivity contribution in [1.29, 1.82) is 0 Å². The summed E-state index contributed by atoms with van der Waals surface area (Å²) in [5.74, 6) is -1.52. The first kappa shape index (κ1) is 23.2. The molecule has 1 aliphatic heterocycles. The molecule has 1 unspecified atom stereocenters. The number of esters is 1. The quantitative estimate of drug-likeness (QED) is 0.387. The molecule has 10 heteroatoms. The predicted octanol–water partition coefficient (Wildman–Crippen LogP) is 3.64. The Labute approximate surface area is 197 Å². The van der Waals surface area contributed by atoms with E-state index in [0.29, 0.717) is 18.5 Å². The van der Waals surface area contributed by atoms with E-state index in [4.69, 9.17) is 9.15 Å². The molecule has 4 rings (SSSR count). The number of carbonyl (C=O) groups is 4. The second-order valence-corrected chi connectivity index (χ2v) is 8.74. The van der Waals surface area contributed by atoms with E-state index < -0.39 is 22.6 Å². The van der Waals surface area contributed by atoms with Crippen molar-refractivity contribution in [3.63, 3.8) is 0 Å². The van der Waals surface area contributed by atoms with Gasteiger partial charge in [-0.2, -0.15) is 0 Å². The van der Waals surface area contributed by atoms with Crippen LogP contribution in [0, 0.1) is 0 Å². The molecule has 1 aromatic heterocycles. The van der Waals surface area contributed by atoms with E-state index in [2.05, 4.69) is 10.6 Å². The van der Waals surface area contributed by atoms with Gasteiger partial charge in [-0.25, -0.2) is 0 Å². The number of carbonyl (C=O) groups excluding carboxylic acids is 4. The van der Waals surface area contributed by atoms with Gasteiger partial charge in [-0.3, -0.25) is 29.3 Å². The topological polar surface area (TPSA) is 132 Å². The van der Waals surface area contributed by atoms with Gasteiger partial charge in [-0.15, -0.1) is 0 Å². The van der Waals surface area contributed by atoms with Gasteiger partial charge < -0.3 is 14.5 Å². The molecule has 1 fully saturated rings. The van der Waals surface area contributed by atoms with Crippen molar-refractivity contribution in [1.82, 2.24) is 5.32 Å². The number of ether oxygens (including phenoxy) is 1. The summed E-state index contributed by atoms with van der Waals surface area (Å²) in [7, 11) is 0. The number of amides is 3. The number of hydrogen-bond donors (Lipinski definition) is 2. The first-order valence-corrected chi connectivity index (χ1v) is 11.4. The maximum Gasteiger partial charge on any atom is 0.311 e. The molecule has 1 atom stereocenters. The summed E-state index contributed by atoms with van der Waals surface area (Å²) in [5.41, 5.74) is 0.890. The van der Waals surface area contributed by atoms with Crippen molar-refractivity contribution >= 4 is 51.4 Å². The van der Waals surface area contributed by atoms with Crippen LogP contribution in [0.5, 0.6) is 5.75 Å². The molecule has 0 bridgehead atoms. The van der Waals surface area contributed by atoms with Gasteiger partial charge in [0, 0.05) is 18.2 Å². The van der Waals surface area contributed by atoms with Gasteiger partial charge in [0.15, 0.2) is 11.2 Å². The first-order chi connectivity index (χ1) is 16.3. The fraction of sp³-hybridized carbons (Fsp3) is 0.208. The highest BCUT2D eigenvalue weighted by Gasteiger charge is 2.31. The third kappa shape index (κ3) is 5.18.